The van der Waals surface area contributed by atoms with E-state index in [1.54, 1.807) is 18.6 Å². The fraction of sp³-hybridized carbons (Fsp3) is 0.318. The summed E-state index contributed by atoms with van der Waals surface area (Å²) in [6, 6.07) is 6.80. The second-order valence-corrected chi connectivity index (χ2v) is 7.98. The Morgan fingerprint density at radius 3 is 2.70 bits per heavy atom. The number of piperidine rings is 1. The van der Waals surface area contributed by atoms with E-state index < -0.39 is 11.5 Å². The number of aromatic amines is 1. The second-order valence-electron chi connectivity index (χ2n) is 7.98. The monoisotopic (exact) mass is 408 g/mol. The normalized spacial score (nSPS) is 16.9. The second kappa shape index (κ2) is 7.28. The molecule has 0 atom stereocenters. The van der Waals surface area contributed by atoms with Crippen molar-refractivity contribution in [3.8, 4) is 22.6 Å². The number of nitrogens with zero attached hydrogens (tertiary/aromatic N) is 5. The van der Waals surface area contributed by atoms with E-state index in [0.717, 1.165) is 35.4 Å². The van der Waals surface area contributed by atoms with Crippen molar-refractivity contribution in [1.29, 1.82) is 0 Å². The molecule has 0 radical (unpaired) electrons. The molecule has 0 aliphatic carbocycles. The molecule has 1 fully saturated rings. The SMILES string of the molecule is CN1CCC(F)(Cn2cnc(-c3ccc(F)cn3)c2-c2ccnc3[nH]ccc23)CC1. The first-order valence-electron chi connectivity index (χ1n) is 9.99. The molecular formula is C22H22F2N6. The van der Waals surface area contributed by atoms with Crippen molar-refractivity contribution in [2.75, 3.05) is 20.1 Å². The molecule has 0 bridgehead atoms. The molecule has 8 heteroatoms. The van der Waals surface area contributed by atoms with Crippen LogP contribution in [0.25, 0.3) is 33.7 Å². The first-order chi connectivity index (χ1) is 14.5. The van der Waals surface area contributed by atoms with Crippen LogP contribution in [0.1, 0.15) is 12.8 Å². The summed E-state index contributed by atoms with van der Waals surface area (Å²) in [5, 5.41) is 0.916. The van der Waals surface area contributed by atoms with E-state index in [-0.39, 0.29) is 6.54 Å². The minimum Gasteiger partial charge on any atom is -0.346 e. The van der Waals surface area contributed by atoms with E-state index in [0.29, 0.717) is 24.2 Å². The Morgan fingerprint density at radius 1 is 1.10 bits per heavy atom. The zero-order valence-corrected chi connectivity index (χ0v) is 16.6. The number of hydrogen-bond donors (Lipinski definition) is 1. The average molecular weight is 408 g/mol. The van der Waals surface area contributed by atoms with Crippen LogP contribution in [0.2, 0.25) is 0 Å². The number of H-pyrrole nitrogens is 1. The smallest absolute Gasteiger partial charge is 0.141 e. The van der Waals surface area contributed by atoms with Crippen LogP contribution in [-0.4, -0.2) is 55.2 Å². The maximum Gasteiger partial charge on any atom is 0.141 e. The fourth-order valence-corrected chi connectivity index (χ4v) is 4.14. The van der Waals surface area contributed by atoms with E-state index >= 15 is 4.39 Å². The average Bonchev–Trinajstić information content (AvgIpc) is 3.38. The highest BCUT2D eigenvalue weighted by molar-refractivity contribution is 5.95. The van der Waals surface area contributed by atoms with Gasteiger partial charge in [-0.05, 0) is 44.2 Å². The zero-order valence-electron chi connectivity index (χ0n) is 16.6. The van der Waals surface area contributed by atoms with Crippen LogP contribution >= 0.6 is 0 Å². The molecule has 1 N–H and O–H groups in total. The lowest BCUT2D eigenvalue weighted by molar-refractivity contribution is 0.0536. The van der Waals surface area contributed by atoms with Crippen molar-refractivity contribution in [2.45, 2.75) is 25.1 Å². The molecule has 0 spiro atoms. The first kappa shape index (κ1) is 18.9. The number of nitrogens with one attached hydrogen (secondary N) is 1. The lowest BCUT2D eigenvalue weighted by Crippen LogP contribution is -2.42. The Balaban J connectivity index is 1.64. The molecule has 1 saturated heterocycles. The molecule has 0 saturated carbocycles. The molecule has 154 valence electrons. The Hall–Kier alpha value is -3.13. The van der Waals surface area contributed by atoms with Crippen LogP contribution in [0.5, 0.6) is 0 Å². The van der Waals surface area contributed by atoms with Crippen molar-refractivity contribution < 1.29 is 8.78 Å². The standard InChI is InChI=1S/C22H22F2N6/c1-29-10-6-22(24,7-11-29)13-30-14-28-19(18-3-2-15(23)12-27-18)20(30)16-4-8-25-21-17(16)5-9-26-21/h2-5,8-9,12,14H,6-7,10-11,13H2,1H3,(H,25,26). The number of fused-ring (bicyclic) bond motifs is 1. The maximum atomic E-state index is 15.7. The van der Waals surface area contributed by atoms with Gasteiger partial charge in [-0.15, -0.1) is 0 Å². The maximum absolute atomic E-state index is 15.7. The van der Waals surface area contributed by atoms with E-state index in [1.807, 2.05) is 29.9 Å². The number of pyridine rings is 2. The summed E-state index contributed by atoms with van der Waals surface area (Å²) < 4.78 is 31.0. The molecule has 30 heavy (non-hydrogen) atoms. The van der Waals surface area contributed by atoms with E-state index in [1.165, 1.54) is 12.3 Å². The largest absolute Gasteiger partial charge is 0.346 e. The molecule has 1 aliphatic heterocycles. The van der Waals surface area contributed by atoms with Gasteiger partial charge in [-0.25, -0.2) is 18.7 Å². The van der Waals surface area contributed by atoms with Gasteiger partial charge in [0.15, 0.2) is 0 Å². The highest BCUT2D eigenvalue weighted by Crippen LogP contribution is 2.37. The van der Waals surface area contributed by atoms with Crippen molar-refractivity contribution in [3.05, 3.63) is 55.0 Å². The zero-order chi connectivity index (χ0) is 20.7. The summed E-state index contributed by atoms with van der Waals surface area (Å²) >= 11 is 0. The Labute approximate surface area is 172 Å². The number of aromatic nitrogens is 5. The van der Waals surface area contributed by atoms with E-state index in [9.17, 15) is 4.39 Å². The molecule has 4 aromatic rings. The quantitative estimate of drug-likeness (QED) is 0.553. The van der Waals surface area contributed by atoms with Gasteiger partial charge in [-0.2, -0.15) is 0 Å². The third kappa shape index (κ3) is 3.37. The lowest BCUT2D eigenvalue weighted by atomic mass is 9.93. The Bertz CT molecular complexity index is 1170. The van der Waals surface area contributed by atoms with Crippen LogP contribution in [0.4, 0.5) is 8.78 Å². The van der Waals surface area contributed by atoms with Crippen LogP contribution in [-0.2, 0) is 6.54 Å². The van der Waals surface area contributed by atoms with E-state index in [2.05, 4.69) is 24.8 Å². The van der Waals surface area contributed by atoms with Gasteiger partial charge in [0.2, 0.25) is 0 Å². The summed E-state index contributed by atoms with van der Waals surface area (Å²) in [5.41, 5.74) is 2.22. The summed E-state index contributed by atoms with van der Waals surface area (Å²) in [4.78, 5) is 18.4. The van der Waals surface area contributed by atoms with Gasteiger partial charge in [-0.3, -0.25) is 4.98 Å². The molecule has 0 aromatic carbocycles. The highest BCUT2D eigenvalue weighted by Gasteiger charge is 2.35. The van der Waals surface area contributed by atoms with Crippen LogP contribution < -0.4 is 0 Å². The van der Waals surface area contributed by atoms with Crippen molar-refractivity contribution in [1.82, 2.24) is 29.4 Å². The summed E-state index contributed by atoms with van der Waals surface area (Å²) in [5.74, 6) is -0.411. The van der Waals surface area contributed by atoms with Gasteiger partial charge in [0.1, 0.15) is 22.8 Å². The van der Waals surface area contributed by atoms with Gasteiger partial charge >= 0.3 is 0 Å². The summed E-state index contributed by atoms with van der Waals surface area (Å²) in [7, 11) is 2.01. The van der Waals surface area contributed by atoms with Crippen molar-refractivity contribution in [3.63, 3.8) is 0 Å². The van der Waals surface area contributed by atoms with Gasteiger partial charge < -0.3 is 14.5 Å². The molecule has 4 aromatic heterocycles. The number of rotatable bonds is 4. The Morgan fingerprint density at radius 2 is 1.93 bits per heavy atom. The molecule has 5 rings (SSSR count). The molecule has 5 heterocycles. The molecule has 0 amide bonds. The van der Waals surface area contributed by atoms with Crippen LogP contribution in [0, 0.1) is 5.82 Å². The number of imidazole rings is 1. The number of hydrogen-bond acceptors (Lipinski definition) is 4. The molecule has 6 nitrogen and oxygen atoms in total. The minimum atomic E-state index is -1.31. The fourth-order valence-electron chi connectivity index (χ4n) is 4.14. The lowest BCUT2D eigenvalue weighted by Gasteiger charge is -2.35. The summed E-state index contributed by atoms with van der Waals surface area (Å²) in [6.07, 6.45) is 7.32. The predicted molar refractivity (Wildman–Crippen MR) is 111 cm³/mol. The highest BCUT2D eigenvalue weighted by atomic mass is 19.1. The number of alkyl halides is 1. The molecule has 1 aliphatic rings. The third-order valence-electron chi connectivity index (χ3n) is 5.86. The van der Waals surface area contributed by atoms with Crippen LogP contribution in [0.3, 0.4) is 0 Å². The molecule has 0 unspecified atom stereocenters. The van der Waals surface area contributed by atoms with Gasteiger partial charge in [-0.1, -0.05) is 0 Å². The third-order valence-corrected chi connectivity index (χ3v) is 5.86. The number of halogens is 2. The first-order valence-corrected chi connectivity index (χ1v) is 9.99. The predicted octanol–water partition coefficient (Wildman–Crippen LogP) is 4.06. The Kier molecular flexibility index (Phi) is 4.58. The van der Waals surface area contributed by atoms with Gasteiger partial charge in [0.25, 0.3) is 0 Å². The van der Waals surface area contributed by atoms with E-state index in [4.69, 9.17) is 0 Å². The minimum absolute atomic E-state index is 0.207. The molecular weight excluding hydrogens is 386 g/mol. The topological polar surface area (TPSA) is 62.6 Å². The number of likely N-dealkylation sites (tertiary alicyclic amines) is 1. The van der Waals surface area contributed by atoms with Crippen molar-refractivity contribution >= 4 is 11.0 Å². The van der Waals surface area contributed by atoms with Crippen molar-refractivity contribution in [2.24, 2.45) is 0 Å². The summed E-state index contributed by atoms with van der Waals surface area (Å²) in [6.45, 7) is 1.66. The van der Waals surface area contributed by atoms with Crippen LogP contribution in [0.15, 0.2) is 49.2 Å². The van der Waals surface area contributed by atoms with Gasteiger partial charge in [0.05, 0.1) is 30.5 Å². The van der Waals surface area contributed by atoms with Gasteiger partial charge in [0, 0.05) is 36.4 Å².